The molecule has 4 heteroatoms. The van der Waals surface area contributed by atoms with Crippen LogP contribution in [0.1, 0.15) is 45.9 Å². The Morgan fingerprint density at radius 2 is 2.22 bits per heavy atom. The van der Waals surface area contributed by atoms with E-state index < -0.39 is 0 Å². The van der Waals surface area contributed by atoms with Crippen LogP contribution < -0.4 is 10.2 Å². The van der Waals surface area contributed by atoms with Gasteiger partial charge in [0, 0.05) is 31.6 Å². The molecular weight excluding hydrogens is 224 g/mol. The number of nitrogens with one attached hydrogen (secondary N) is 1. The van der Waals surface area contributed by atoms with Gasteiger partial charge in [0.25, 0.3) is 0 Å². The van der Waals surface area contributed by atoms with E-state index in [-0.39, 0.29) is 0 Å². The standard InChI is InChI=1S/C14H24N4/c1-4-7-12-16-13(15-5-2)10-14(17-12)18-9-6-8-11(18)3/h10-11H,4-9H2,1-3H3,(H,15,16,17). The van der Waals surface area contributed by atoms with Crippen molar-refractivity contribution in [2.75, 3.05) is 23.3 Å². The minimum atomic E-state index is 0.601. The van der Waals surface area contributed by atoms with Crippen LogP contribution in [0.3, 0.4) is 0 Å². The first-order valence-corrected chi connectivity index (χ1v) is 7.13. The average molecular weight is 248 g/mol. The van der Waals surface area contributed by atoms with Gasteiger partial charge in [-0.2, -0.15) is 0 Å². The first-order chi connectivity index (χ1) is 8.74. The molecule has 0 aromatic carbocycles. The fourth-order valence-corrected chi connectivity index (χ4v) is 2.51. The normalized spacial score (nSPS) is 19.3. The van der Waals surface area contributed by atoms with Crippen molar-refractivity contribution in [1.29, 1.82) is 0 Å². The van der Waals surface area contributed by atoms with Crippen LogP contribution >= 0.6 is 0 Å². The summed E-state index contributed by atoms with van der Waals surface area (Å²) in [4.78, 5) is 11.7. The number of hydrogen-bond acceptors (Lipinski definition) is 4. The SMILES string of the molecule is CCCc1nc(NCC)cc(N2CCCC2C)n1. The number of aromatic nitrogens is 2. The number of aryl methyl sites for hydroxylation is 1. The Morgan fingerprint density at radius 1 is 1.39 bits per heavy atom. The molecule has 2 heterocycles. The highest BCUT2D eigenvalue weighted by molar-refractivity contribution is 5.50. The first-order valence-electron chi connectivity index (χ1n) is 7.13. The van der Waals surface area contributed by atoms with Gasteiger partial charge < -0.3 is 10.2 Å². The fourth-order valence-electron chi connectivity index (χ4n) is 2.51. The van der Waals surface area contributed by atoms with Gasteiger partial charge in [0.2, 0.25) is 0 Å². The molecule has 0 aliphatic carbocycles. The summed E-state index contributed by atoms with van der Waals surface area (Å²) in [5.41, 5.74) is 0. The monoisotopic (exact) mass is 248 g/mol. The molecule has 1 atom stereocenters. The van der Waals surface area contributed by atoms with E-state index >= 15 is 0 Å². The molecule has 1 unspecified atom stereocenters. The van der Waals surface area contributed by atoms with Gasteiger partial charge in [0.15, 0.2) is 0 Å². The molecule has 1 aliphatic rings. The van der Waals surface area contributed by atoms with Gasteiger partial charge in [-0.15, -0.1) is 0 Å². The fraction of sp³-hybridized carbons (Fsp3) is 0.714. The smallest absolute Gasteiger partial charge is 0.134 e. The van der Waals surface area contributed by atoms with Crippen molar-refractivity contribution in [3.05, 3.63) is 11.9 Å². The summed E-state index contributed by atoms with van der Waals surface area (Å²) < 4.78 is 0. The average Bonchev–Trinajstić information content (AvgIpc) is 2.76. The summed E-state index contributed by atoms with van der Waals surface area (Å²) in [5.74, 6) is 3.02. The van der Waals surface area contributed by atoms with E-state index in [1.807, 2.05) is 0 Å². The maximum Gasteiger partial charge on any atom is 0.134 e. The molecule has 0 spiro atoms. The van der Waals surface area contributed by atoms with E-state index in [0.717, 1.165) is 43.4 Å². The predicted molar refractivity (Wildman–Crippen MR) is 76.2 cm³/mol. The molecule has 1 N–H and O–H groups in total. The van der Waals surface area contributed by atoms with Gasteiger partial charge in [-0.3, -0.25) is 0 Å². The zero-order valence-corrected chi connectivity index (χ0v) is 11.7. The molecule has 100 valence electrons. The van der Waals surface area contributed by atoms with Crippen LogP contribution in [0, 0.1) is 0 Å². The van der Waals surface area contributed by atoms with Crippen LogP contribution in [0.25, 0.3) is 0 Å². The second kappa shape index (κ2) is 6.03. The summed E-state index contributed by atoms with van der Waals surface area (Å²) in [6, 6.07) is 2.69. The lowest BCUT2D eigenvalue weighted by atomic mass is 10.2. The molecule has 2 rings (SSSR count). The first kappa shape index (κ1) is 13.1. The predicted octanol–water partition coefficient (Wildman–Crippen LogP) is 2.85. The van der Waals surface area contributed by atoms with Crippen molar-refractivity contribution >= 4 is 11.6 Å². The molecule has 4 nitrogen and oxygen atoms in total. The maximum atomic E-state index is 4.71. The lowest BCUT2D eigenvalue weighted by molar-refractivity contribution is 0.719. The summed E-state index contributed by atoms with van der Waals surface area (Å²) >= 11 is 0. The molecule has 1 fully saturated rings. The Morgan fingerprint density at radius 3 is 2.83 bits per heavy atom. The third-order valence-electron chi connectivity index (χ3n) is 3.44. The summed E-state index contributed by atoms with van der Waals surface area (Å²) in [5, 5.41) is 3.31. The van der Waals surface area contributed by atoms with Crippen LogP contribution in [-0.2, 0) is 6.42 Å². The van der Waals surface area contributed by atoms with Gasteiger partial charge in [0.05, 0.1) is 0 Å². The van der Waals surface area contributed by atoms with Crippen LogP contribution in [0.5, 0.6) is 0 Å². The third-order valence-corrected chi connectivity index (χ3v) is 3.44. The Kier molecular flexibility index (Phi) is 4.39. The molecule has 0 amide bonds. The maximum absolute atomic E-state index is 4.71. The van der Waals surface area contributed by atoms with Crippen molar-refractivity contribution in [2.45, 2.75) is 52.5 Å². The summed E-state index contributed by atoms with van der Waals surface area (Å²) in [6.45, 7) is 8.57. The quantitative estimate of drug-likeness (QED) is 0.870. The van der Waals surface area contributed by atoms with E-state index in [1.54, 1.807) is 0 Å². The third kappa shape index (κ3) is 2.92. The van der Waals surface area contributed by atoms with Gasteiger partial charge >= 0.3 is 0 Å². The van der Waals surface area contributed by atoms with Crippen LogP contribution in [-0.4, -0.2) is 29.1 Å². The minimum absolute atomic E-state index is 0.601. The van der Waals surface area contributed by atoms with Gasteiger partial charge in [-0.25, -0.2) is 9.97 Å². The van der Waals surface area contributed by atoms with Gasteiger partial charge in [0.1, 0.15) is 17.5 Å². The van der Waals surface area contributed by atoms with Gasteiger partial charge in [-0.05, 0) is 33.1 Å². The largest absolute Gasteiger partial charge is 0.370 e. The molecule has 1 aromatic heterocycles. The number of nitrogens with zero attached hydrogens (tertiary/aromatic N) is 3. The Balaban J connectivity index is 2.27. The molecule has 0 bridgehead atoms. The van der Waals surface area contributed by atoms with Gasteiger partial charge in [-0.1, -0.05) is 6.92 Å². The van der Waals surface area contributed by atoms with Crippen LogP contribution in [0.2, 0.25) is 0 Å². The zero-order chi connectivity index (χ0) is 13.0. The Hall–Kier alpha value is -1.32. The van der Waals surface area contributed by atoms with E-state index in [0.29, 0.717) is 6.04 Å². The second-order valence-corrected chi connectivity index (χ2v) is 4.99. The molecule has 1 aromatic rings. The highest BCUT2D eigenvalue weighted by atomic mass is 15.2. The number of rotatable bonds is 5. The summed E-state index contributed by atoms with van der Waals surface area (Å²) in [6.07, 6.45) is 4.58. The molecule has 1 aliphatic heterocycles. The van der Waals surface area contributed by atoms with Crippen LogP contribution in [0.4, 0.5) is 11.6 Å². The summed E-state index contributed by atoms with van der Waals surface area (Å²) in [7, 11) is 0. The highest BCUT2D eigenvalue weighted by Gasteiger charge is 2.22. The number of anilines is 2. The van der Waals surface area contributed by atoms with E-state index in [2.05, 4.69) is 42.0 Å². The van der Waals surface area contributed by atoms with Crippen molar-refractivity contribution in [1.82, 2.24) is 9.97 Å². The molecule has 0 saturated carbocycles. The van der Waals surface area contributed by atoms with E-state index in [1.165, 1.54) is 12.8 Å². The molecule has 18 heavy (non-hydrogen) atoms. The van der Waals surface area contributed by atoms with E-state index in [9.17, 15) is 0 Å². The Bertz CT molecular complexity index is 367. The van der Waals surface area contributed by atoms with Crippen molar-refractivity contribution in [3.63, 3.8) is 0 Å². The van der Waals surface area contributed by atoms with Crippen molar-refractivity contribution in [3.8, 4) is 0 Å². The lowest BCUT2D eigenvalue weighted by Crippen LogP contribution is -2.27. The second-order valence-electron chi connectivity index (χ2n) is 4.99. The van der Waals surface area contributed by atoms with Crippen LogP contribution in [0.15, 0.2) is 6.07 Å². The Labute approximate surface area is 110 Å². The topological polar surface area (TPSA) is 41.1 Å². The van der Waals surface area contributed by atoms with E-state index in [4.69, 9.17) is 4.98 Å². The molecule has 1 saturated heterocycles. The highest BCUT2D eigenvalue weighted by Crippen LogP contribution is 2.25. The molecular formula is C14H24N4. The number of hydrogen-bond donors (Lipinski definition) is 1. The zero-order valence-electron chi connectivity index (χ0n) is 11.7. The lowest BCUT2D eigenvalue weighted by Gasteiger charge is -2.23. The minimum Gasteiger partial charge on any atom is -0.370 e. The van der Waals surface area contributed by atoms with Crippen molar-refractivity contribution < 1.29 is 0 Å². The molecule has 0 radical (unpaired) electrons. The van der Waals surface area contributed by atoms with Crippen molar-refractivity contribution in [2.24, 2.45) is 0 Å².